The van der Waals surface area contributed by atoms with E-state index in [0.29, 0.717) is 5.92 Å². The van der Waals surface area contributed by atoms with Crippen LogP contribution < -0.4 is 0 Å². The van der Waals surface area contributed by atoms with Crippen molar-refractivity contribution in [1.29, 1.82) is 0 Å². The predicted molar refractivity (Wildman–Crippen MR) is 63.1 cm³/mol. The number of hydrogen-bond acceptors (Lipinski definition) is 1. The van der Waals surface area contributed by atoms with Gasteiger partial charge in [-0.05, 0) is 30.4 Å². The van der Waals surface area contributed by atoms with Crippen molar-refractivity contribution in [2.75, 3.05) is 6.61 Å². The molecule has 0 aromatic rings. The van der Waals surface area contributed by atoms with Crippen molar-refractivity contribution < 1.29 is 4.74 Å². The molecule has 0 amide bonds. The molecule has 1 rings (SSSR count). The zero-order chi connectivity index (χ0) is 11.1. The Bertz CT molecular complexity index is 236. The molecule has 0 spiro atoms. The molecule has 0 aromatic carbocycles. The van der Waals surface area contributed by atoms with Gasteiger partial charge in [-0.15, -0.1) is 0 Å². The number of rotatable bonds is 2. The second kappa shape index (κ2) is 6.47. The quantitative estimate of drug-likeness (QED) is 0.643. The zero-order valence-electron chi connectivity index (χ0n) is 9.89. The molecule has 0 saturated heterocycles. The lowest BCUT2D eigenvalue weighted by Crippen LogP contribution is -2.14. The van der Waals surface area contributed by atoms with E-state index in [1.807, 2.05) is 26.8 Å². The average molecular weight is 194 g/mol. The van der Waals surface area contributed by atoms with E-state index in [-0.39, 0.29) is 0 Å². The SMILES string of the molecule is C=CC1=C(C(=C)C)OCCC1C.CC. The molecule has 0 N–H and O–H groups in total. The fourth-order valence-electron chi connectivity index (χ4n) is 1.46. The largest absolute Gasteiger partial charge is 0.493 e. The Labute approximate surface area is 88.2 Å². The lowest BCUT2D eigenvalue weighted by Gasteiger charge is -2.24. The summed E-state index contributed by atoms with van der Waals surface area (Å²) in [7, 11) is 0. The molecule has 0 fully saturated rings. The summed E-state index contributed by atoms with van der Waals surface area (Å²) in [6, 6.07) is 0. The molecule has 1 heterocycles. The summed E-state index contributed by atoms with van der Waals surface area (Å²) in [5, 5.41) is 0. The molecule has 0 bridgehead atoms. The summed E-state index contributed by atoms with van der Waals surface area (Å²) in [6.07, 6.45) is 2.96. The molecular weight excluding hydrogens is 172 g/mol. The van der Waals surface area contributed by atoms with Crippen LogP contribution >= 0.6 is 0 Å². The molecule has 1 heteroatoms. The van der Waals surface area contributed by atoms with Crippen LogP contribution in [0.15, 0.2) is 36.1 Å². The van der Waals surface area contributed by atoms with Crippen LogP contribution in [0.25, 0.3) is 0 Å². The first-order valence-electron chi connectivity index (χ1n) is 5.32. The highest BCUT2D eigenvalue weighted by molar-refractivity contribution is 5.35. The molecule has 14 heavy (non-hydrogen) atoms. The zero-order valence-corrected chi connectivity index (χ0v) is 9.89. The van der Waals surface area contributed by atoms with Crippen molar-refractivity contribution in [2.24, 2.45) is 5.92 Å². The Morgan fingerprint density at radius 1 is 1.50 bits per heavy atom. The maximum atomic E-state index is 5.52. The molecule has 0 aliphatic carbocycles. The third kappa shape index (κ3) is 3.06. The van der Waals surface area contributed by atoms with Gasteiger partial charge < -0.3 is 4.74 Å². The van der Waals surface area contributed by atoms with E-state index in [1.54, 1.807) is 0 Å². The van der Waals surface area contributed by atoms with Gasteiger partial charge in [-0.25, -0.2) is 0 Å². The first-order valence-corrected chi connectivity index (χ1v) is 5.32. The van der Waals surface area contributed by atoms with Gasteiger partial charge in [-0.3, -0.25) is 0 Å². The van der Waals surface area contributed by atoms with Crippen molar-refractivity contribution >= 4 is 0 Å². The standard InChI is InChI=1S/C11H16O.C2H6/c1-5-10-9(4)6-7-12-11(10)8(2)3;1-2/h5,9H,1-2,6-7H2,3-4H3;1-2H3. The number of allylic oxidation sites excluding steroid dienone is 3. The maximum Gasteiger partial charge on any atom is 0.125 e. The molecule has 1 aliphatic rings. The average Bonchev–Trinajstić information content (AvgIpc) is 2.20. The second-order valence-electron chi connectivity index (χ2n) is 3.31. The minimum absolute atomic E-state index is 0.558. The summed E-state index contributed by atoms with van der Waals surface area (Å²) in [6.45, 7) is 16.6. The highest BCUT2D eigenvalue weighted by Gasteiger charge is 2.18. The molecule has 0 aromatic heterocycles. The van der Waals surface area contributed by atoms with Gasteiger partial charge in [0.05, 0.1) is 6.61 Å². The summed E-state index contributed by atoms with van der Waals surface area (Å²) in [4.78, 5) is 0. The minimum Gasteiger partial charge on any atom is -0.493 e. The Balaban J connectivity index is 0.000000791. The topological polar surface area (TPSA) is 9.23 Å². The lowest BCUT2D eigenvalue weighted by molar-refractivity contribution is 0.179. The van der Waals surface area contributed by atoms with Crippen molar-refractivity contribution in [3.8, 4) is 0 Å². The van der Waals surface area contributed by atoms with E-state index < -0.39 is 0 Å². The van der Waals surface area contributed by atoms with Crippen LogP contribution in [0.1, 0.15) is 34.1 Å². The first-order chi connectivity index (χ1) is 6.66. The third-order valence-electron chi connectivity index (χ3n) is 2.20. The lowest BCUT2D eigenvalue weighted by atomic mass is 9.93. The van der Waals surface area contributed by atoms with Gasteiger partial charge in [-0.2, -0.15) is 0 Å². The van der Waals surface area contributed by atoms with E-state index in [9.17, 15) is 0 Å². The van der Waals surface area contributed by atoms with Crippen LogP contribution in [0, 0.1) is 5.92 Å². The predicted octanol–water partition coefficient (Wildman–Crippen LogP) is 4.09. The van der Waals surface area contributed by atoms with Gasteiger partial charge in [0, 0.05) is 0 Å². The molecule has 1 atom stereocenters. The van der Waals surface area contributed by atoms with E-state index in [0.717, 1.165) is 24.4 Å². The van der Waals surface area contributed by atoms with Crippen LogP contribution in [-0.2, 0) is 4.74 Å². The molecule has 1 nitrogen and oxygen atoms in total. The van der Waals surface area contributed by atoms with Crippen molar-refractivity contribution in [3.63, 3.8) is 0 Å². The Morgan fingerprint density at radius 2 is 2.07 bits per heavy atom. The molecule has 0 radical (unpaired) electrons. The number of hydrogen-bond donors (Lipinski definition) is 0. The number of ether oxygens (including phenoxy) is 1. The van der Waals surface area contributed by atoms with Crippen molar-refractivity contribution in [3.05, 3.63) is 36.1 Å². The molecule has 0 saturated carbocycles. The monoisotopic (exact) mass is 194 g/mol. The van der Waals surface area contributed by atoms with Gasteiger partial charge in [0.1, 0.15) is 5.76 Å². The van der Waals surface area contributed by atoms with Gasteiger partial charge in [0.25, 0.3) is 0 Å². The molecular formula is C13H22O. The fourth-order valence-corrected chi connectivity index (χ4v) is 1.46. The van der Waals surface area contributed by atoms with Gasteiger partial charge >= 0.3 is 0 Å². The van der Waals surface area contributed by atoms with Crippen molar-refractivity contribution in [1.82, 2.24) is 0 Å². The summed E-state index contributed by atoms with van der Waals surface area (Å²) in [5.74, 6) is 1.51. The van der Waals surface area contributed by atoms with E-state index in [4.69, 9.17) is 4.74 Å². The Hall–Kier alpha value is -0.980. The van der Waals surface area contributed by atoms with Crippen LogP contribution in [0.2, 0.25) is 0 Å². The van der Waals surface area contributed by atoms with Crippen molar-refractivity contribution in [2.45, 2.75) is 34.1 Å². The summed E-state index contributed by atoms with van der Waals surface area (Å²) >= 11 is 0. The Kier molecular flexibility index (Phi) is 6.02. The van der Waals surface area contributed by atoms with E-state index in [2.05, 4.69) is 20.1 Å². The summed E-state index contributed by atoms with van der Waals surface area (Å²) in [5.41, 5.74) is 2.20. The minimum atomic E-state index is 0.558. The second-order valence-corrected chi connectivity index (χ2v) is 3.31. The van der Waals surface area contributed by atoms with Gasteiger partial charge in [-0.1, -0.05) is 40.0 Å². The summed E-state index contributed by atoms with van der Waals surface area (Å²) < 4.78 is 5.52. The van der Waals surface area contributed by atoms with E-state index in [1.165, 1.54) is 5.57 Å². The van der Waals surface area contributed by atoms with Crippen LogP contribution in [0.3, 0.4) is 0 Å². The molecule has 1 aliphatic heterocycles. The maximum absolute atomic E-state index is 5.52. The van der Waals surface area contributed by atoms with E-state index >= 15 is 0 Å². The first kappa shape index (κ1) is 13.0. The van der Waals surface area contributed by atoms with Crippen LogP contribution in [0.4, 0.5) is 0 Å². The highest BCUT2D eigenvalue weighted by atomic mass is 16.5. The van der Waals surface area contributed by atoms with Gasteiger partial charge in [0.2, 0.25) is 0 Å². The molecule has 80 valence electrons. The smallest absolute Gasteiger partial charge is 0.125 e. The third-order valence-corrected chi connectivity index (χ3v) is 2.20. The van der Waals surface area contributed by atoms with Gasteiger partial charge in [0.15, 0.2) is 0 Å². The fraction of sp³-hybridized carbons (Fsp3) is 0.538. The normalized spacial score (nSPS) is 20.4. The highest BCUT2D eigenvalue weighted by Crippen LogP contribution is 2.28. The Morgan fingerprint density at radius 3 is 2.43 bits per heavy atom. The van der Waals surface area contributed by atoms with Crippen LogP contribution in [-0.4, -0.2) is 6.61 Å². The van der Waals surface area contributed by atoms with Crippen LogP contribution in [0.5, 0.6) is 0 Å². The molecule has 1 unspecified atom stereocenters.